The van der Waals surface area contributed by atoms with Crippen molar-refractivity contribution in [2.75, 3.05) is 43.3 Å². The highest BCUT2D eigenvalue weighted by molar-refractivity contribution is 6.39. The van der Waals surface area contributed by atoms with Gasteiger partial charge in [-0.05, 0) is 85.5 Å². The maximum Gasteiger partial charge on any atom is 0.422 e. The lowest BCUT2D eigenvalue weighted by molar-refractivity contribution is -0.154. The van der Waals surface area contributed by atoms with Crippen LogP contribution in [0.2, 0.25) is 5.02 Å². The first-order valence-corrected chi connectivity index (χ1v) is 16.6. The second-order valence-corrected chi connectivity index (χ2v) is 12.3. The highest BCUT2D eigenvalue weighted by atomic mass is 35.5. The molecule has 284 valence electrons. The largest absolute Gasteiger partial charge is 0.497 e. The number of carbonyl (C=O) groups is 4. The molecule has 0 spiro atoms. The molecule has 3 aromatic carbocycles. The average molecular weight is 771 g/mol. The van der Waals surface area contributed by atoms with E-state index in [9.17, 15) is 32.3 Å². The molecule has 1 aliphatic carbocycles. The zero-order valence-electron chi connectivity index (χ0n) is 28.8. The molecule has 54 heavy (non-hydrogen) atoms. The summed E-state index contributed by atoms with van der Waals surface area (Å²) in [5.74, 6) is -2.95. The van der Waals surface area contributed by atoms with E-state index in [4.69, 9.17) is 25.8 Å². The Hall–Kier alpha value is -6.17. The van der Waals surface area contributed by atoms with E-state index >= 15 is 0 Å². The highest BCUT2D eigenvalue weighted by Gasteiger charge is 2.45. The van der Waals surface area contributed by atoms with Crippen molar-refractivity contribution in [1.29, 1.82) is 0 Å². The van der Waals surface area contributed by atoms with Gasteiger partial charge in [-0.2, -0.15) is 28.1 Å². The molecule has 1 fully saturated rings. The van der Waals surface area contributed by atoms with Crippen LogP contribution in [0.25, 0.3) is 0 Å². The molecule has 15 nitrogen and oxygen atoms in total. The maximum atomic E-state index is 13.1. The lowest BCUT2D eigenvalue weighted by Crippen LogP contribution is -2.44. The molecule has 0 aliphatic heterocycles. The summed E-state index contributed by atoms with van der Waals surface area (Å²) in [4.78, 5) is 62.4. The number of ether oxygens (including phenoxy) is 3. The van der Waals surface area contributed by atoms with Gasteiger partial charge in [0.05, 0.1) is 19.8 Å². The minimum atomic E-state index is -4.64. The van der Waals surface area contributed by atoms with E-state index in [1.54, 1.807) is 36.4 Å². The molecule has 0 radical (unpaired) electrons. The summed E-state index contributed by atoms with van der Waals surface area (Å²) in [5.41, 5.74) is 1.18. The third-order valence-electron chi connectivity index (χ3n) is 7.94. The number of esters is 1. The van der Waals surface area contributed by atoms with Gasteiger partial charge in [0.15, 0.2) is 6.61 Å². The Balaban J connectivity index is 1.20. The number of hydrogen-bond donors (Lipinski definition) is 5. The molecule has 0 saturated heterocycles. The first-order valence-electron chi connectivity index (χ1n) is 16.2. The first-order chi connectivity index (χ1) is 25.8. The van der Waals surface area contributed by atoms with Crippen LogP contribution in [-0.4, -0.2) is 78.2 Å². The Morgan fingerprint density at radius 3 is 2.11 bits per heavy atom. The van der Waals surface area contributed by atoms with Crippen molar-refractivity contribution >= 4 is 58.6 Å². The van der Waals surface area contributed by atoms with Crippen molar-refractivity contribution < 1.29 is 46.6 Å². The lowest BCUT2D eigenvalue weighted by atomic mass is 10.1. The summed E-state index contributed by atoms with van der Waals surface area (Å²) in [6.45, 7) is -1.78. The Labute approximate surface area is 311 Å². The van der Waals surface area contributed by atoms with Crippen LogP contribution in [-0.2, 0) is 24.7 Å². The Bertz CT molecular complexity index is 1960. The second-order valence-electron chi connectivity index (χ2n) is 11.9. The second kappa shape index (κ2) is 17.1. The van der Waals surface area contributed by atoms with E-state index in [1.807, 2.05) is 12.1 Å². The maximum absolute atomic E-state index is 13.1. The van der Waals surface area contributed by atoms with E-state index in [1.165, 1.54) is 31.4 Å². The van der Waals surface area contributed by atoms with Gasteiger partial charge in [-0.3, -0.25) is 14.4 Å². The summed E-state index contributed by atoms with van der Waals surface area (Å²) in [7, 11) is 2.62. The third kappa shape index (κ3) is 10.9. The van der Waals surface area contributed by atoms with Gasteiger partial charge in [-0.15, -0.1) is 0 Å². The molecule has 5 rings (SSSR count). The summed E-state index contributed by atoms with van der Waals surface area (Å²) in [6.07, 6.45) is -3.33. The molecule has 19 heteroatoms. The van der Waals surface area contributed by atoms with Crippen LogP contribution < -0.4 is 36.1 Å². The molecule has 1 atom stereocenters. The van der Waals surface area contributed by atoms with Crippen molar-refractivity contribution in [3.8, 4) is 11.8 Å². The normalized spacial score (nSPS) is 13.4. The molecular weight excluding hydrogens is 737 g/mol. The third-order valence-corrected chi connectivity index (χ3v) is 8.20. The van der Waals surface area contributed by atoms with Gasteiger partial charge in [0.1, 0.15) is 11.8 Å². The number of rotatable bonds is 15. The van der Waals surface area contributed by atoms with Crippen LogP contribution in [0.3, 0.4) is 0 Å². The predicted molar refractivity (Wildman–Crippen MR) is 190 cm³/mol. The number of amides is 3. The van der Waals surface area contributed by atoms with Gasteiger partial charge in [-0.1, -0.05) is 23.7 Å². The number of carbonyl (C=O) groups excluding carboxylic acids is 4. The molecule has 1 heterocycles. The van der Waals surface area contributed by atoms with Crippen molar-refractivity contribution in [1.82, 2.24) is 25.6 Å². The summed E-state index contributed by atoms with van der Waals surface area (Å²) >= 11 is 6.03. The molecule has 0 unspecified atom stereocenters. The molecule has 1 aromatic heterocycles. The minimum absolute atomic E-state index is 0.0315. The Morgan fingerprint density at radius 1 is 0.852 bits per heavy atom. The molecule has 5 N–H and O–H groups in total. The van der Waals surface area contributed by atoms with Crippen LogP contribution in [0.4, 0.5) is 36.4 Å². The molecule has 1 aliphatic rings. The van der Waals surface area contributed by atoms with Gasteiger partial charge in [0, 0.05) is 28.5 Å². The van der Waals surface area contributed by atoms with E-state index in [0.717, 1.165) is 12.7 Å². The minimum Gasteiger partial charge on any atom is -0.497 e. The number of alkyl halides is 3. The summed E-state index contributed by atoms with van der Waals surface area (Å²) < 4.78 is 53.5. The smallest absolute Gasteiger partial charge is 0.422 e. The van der Waals surface area contributed by atoms with Crippen LogP contribution >= 0.6 is 11.6 Å². The number of hydrogen-bond acceptors (Lipinski definition) is 12. The fourth-order valence-electron chi connectivity index (χ4n) is 5.01. The van der Waals surface area contributed by atoms with E-state index in [0.29, 0.717) is 35.0 Å². The standard InChI is InChI=1S/C35H34ClF3N8O7/c1-52-25-13-11-23(12-14-25)41-29(50)28(49)40-18-15-26(30(51)53-2)43-27(48)20-3-9-24(10-4-20)42-31-44-32(46-33(45-31)54-19-35(37,38)39)47-34(16-17-34)21-5-7-22(36)8-6-21/h3-14,26H,15-19H2,1-2H3,(H,40,49)(H,41,50)(H,43,48)(H2,42,44,45,46,47)/t26-/m0/s1. The van der Waals surface area contributed by atoms with Crippen LogP contribution in [0, 0.1) is 0 Å². The van der Waals surface area contributed by atoms with Gasteiger partial charge in [0.25, 0.3) is 5.91 Å². The van der Waals surface area contributed by atoms with Crippen molar-refractivity contribution in [2.24, 2.45) is 0 Å². The highest BCUT2D eigenvalue weighted by Crippen LogP contribution is 2.48. The summed E-state index contributed by atoms with van der Waals surface area (Å²) in [5, 5.41) is 14.0. The fraction of sp³-hybridized carbons (Fsp3) is 0.286. The molecule has 1 saturated carbocycles. The van der Waals surface area contributed by atoms with E-state index < -0.39 is 54.1 Å². The molecule has 0 bridgehead atoms. The zero-order valence-corrected chi connectivity index (χ0v) is 29.5. The Kier molecular flexibility index (Phi) is 12.4. The molecule has 3 amide bonds. The number of nitrogens with one attached hydrogen (secondary N) is 5. The number of benzene rings is 3. The first kappa shape index (κ1) is 39.0. The summed E-state index contributed by atoms with van der Waals surface area (Å²) in [6, 6.07) is 17.5. The number of anilines is 4. The Morgan fingerprint density at radius 2 is 1.50 bits per heavy atom. The predicted octanol–water partition coefficient (Wildman–Crippen LogP) is 4.74. The zero-order chi connectivity index (χ0) is 38.9. The van der Waals surface area contributed by atoms with Crippen molar-refractivity contribution in [3.63, 3.8) is 0 Å². The van der Waals surface area contributed by atoms with E-state index in [2.05, 4.69) is 41.5 Å². The van der Waals surface area contributed by atoms with Gasteiger partial charge in [0.2, 0.25) is 11.9 Å². The fourth-order valence-corrected chi connectivity index (χ4v) is 5.14. The average Bonchev–Trinajstić information content (AvgIpc) is 3.93. The SMILES string of the molecule is COC(=O)[C@H](CCNC(=O)C(=O)Nc1ccc(OC)cc1)NC(=O)c1ccc(Nc2nc(NC3(c4ccc(Cl)cc4)CC3)nc(OCC(F)(F)F)n2)cc1. The molecular formula is C35H34ClF3N8O7. The molecule has 4 aromatic rings. The monoisotopic (exact) mass is 770 g/mol. The topological polar surface area (TPSA) is 195 Å². The van der Waals surface area contributed by atoms with E-state index in [-0.39, 0.29) is 30.4 Å². The van der Waals surface area contributed by atoms with Crippen LogP contribution in [0.1, 0.15) is 35.2 Å². The van der Waals surface area contributed by atoms with Crippen LogP contribution in [0.15, 0.2) is 72.8 Å². The van der Waals surface area contributed by atoms with Crippen molar-refractivity contribution in [3.05, 3.63) is 88.9 Å². The number of methoxy groups -OCH3 is 2. The lowest BCUT2D eigenvalue weighted by Gasteiger charge is -2.19. The number of nitrogens with zero attached hydrogens (tertiary/aromatic N) is 3. The van der Waals surface area contributed by atoms with Crippen molar-refractivity contribution in [2.45, 2.75) is 37.0 Å². The number of aromatic nitrogens is 3. The quantitative estimate of drug-likeness (QED) is 0.0825. The number of halogens is 4. The van der Waals surface area contributed by atoms with Gasteiger partial charge in [-0.25, -0.2) is 4.79 Å². The van der Waals surface area contributed by atoms with Gasteiger partial charge < -0.3 is 40.8 Å². The van der Waals surface area contributed by atoms with Crippen LogP contribution in [0.5, 0.6) is 11.8 Å². The van der Waals surface area contributed by atoms with Gasteiger partial charge >= 0.3 is 30.0 Å².